The first-order valence-electron chi connectivity index (χ1n) is 2.59. The average Bonchev–Trinajstić information content (AvgIpc) is 2.45. The van der Waals surface area contributed by atoms with Crippen LogP contribution < -0.4 is 5.32 Å². The molecule has 46 valence electrons. The van der Waals surface area contributed by atoms with Crippen molar-refractivity contribution in [1.29, 1.82) is 0 Å². The van der Waals surface area contributed by atoms with Gasteiger partial charge in [-0.25, -0.2) is 0 Å². The standard InChI is InChI=1S/C5H9NO2/c1-3-4(6-3)5(7)8-2/h3-4,6H,1-2H3. The third-order valence-electron chi connectivity index (χ3n) is 1.29. The summed E-state index contributed by atoms with van der Waals surface area (Å²) in [6, 6.07) is 0.294. The molecule has 0 spiro atoms. The van der Waals surface area contributed by atoms with E-state index in [4.69, 9.17) is 0 Å². The van der Waals surface area contributed by atoms with Crippen LogP contribution in [0.4, 0.5) is 0 Å². The largest absolute Gasteiger partial charge is 0.468 e. The molecule has 2 atom stereocenters. The van der Waals surface area contributed by atoms with Gasteiger partial charge < -0.3 is 4.74 Å². The highest BCUT2D eigenvalue weighted by atomic mass is 16.5. The fraction of sp³-hybridized carbons (Fsp3) is 0.800. The van der Waals surface area contributed by atoms with E-state index in [1.165, 1.54) is 7.11 Å². The smallest absolute Gasteiger partial charge is 0.324 e. The summed E-state index contributed by atoms with van der Waals surface area (Å²) in [6.07, 6.45) is 0. The first kappa shape index (κ1) is 5.56. The van der Waals surface area contributed by atoms with Gasteiger partial charge in [0.1, 0.15) is 6.04 Å². The minimum Gasteiger partial charge on any atom is -0.468 e. The summed E-state index contributed by atoms with van der Waals surface area (Å²) in [6.45, 7) is 1.95. The van der Waals surface area contributed by atoms with Crippen LogP contribution in [-0.2, 0) is 9.53 Å². The normalized spacial score (nSPS) is 34.2. The number of esters is 1. The molecule has 0 radical (unpaired) electrons. The van der Waals surface area contributed by atoms with Gasteiger partial charge in [-0.05, 0) is 6.92 Å². The lowest BCUT2D eigenvalue weighted by atomic mass is 10.3. The van der Waals surface area contributed by atoms with Crippen molar-refractivity contribution in [2.45, 2.75) is 19.0 Å². The van der Waals surface area contributed by atoms with E-state index in [2.05, 4.69) is 10.1 Å². The van der Waals surface area contributed by atoms with Gasteiger partial charge in [-0.3, -0.25) is 10.1 Å². The van der Waals surface area contributed by atoms with Crippen molar-refractivity contribution in [1.82, 2.24) is 5.32 Å². The van der Waals surface area contributed by atoms with Crippen LogP contribution in [0.15, 0.2) is 0 Å². The van der Waals surface area contributed by atoms with E-state index in [1.807, 2.05) is 6.92 Å². The van der Waals surface area contributed by atoms with Gasteiger partial charge in [0.15, 0.2) is 0 Å². The summed E-state index contributed by atoms with van der Waals surface area (Å²) in [4.78, 5) is 10.5. The number of carbonyl (C=O) groups excluding carboxylic acids is 1. The van der Waals surface area contributed by atoms with Crippen molar-refractivity contribution >= 4 is 5.97 Å². The maximum absolute atomic E-state index is 10.5. The Morgan fingerprint density at radius 2 is 2.25 bits per heavy atom. The summed E-state index contributed by atoms with van der Waals surface area (Å²) in [5, 5.41) is 2.91. The van der Waals surface area contributed by atoms with Gasteiger partial charge >= 0.3 is 5.97 Å². The van der Waals surface area contributed by atoms with Crippen LogP contribution in [0.25, 0.3) is 0 Å². The van der Waals surface area contributed by atoms with Crippen molar-refractivity contribution < 1.29 is 9.53 Å². The van der Waals surface area contributed by atoms with Crippen molar-refractivity contribution in [2.75, 3.05) is 7.11 Å². The van der Waals surface area contributed by atoms with E-state index < -0.39 is 0 Å². The maximum Gasteiger partial charge on any atom is 0.324 e. The Morgan fingerprint density at radius 1 is 1.75 bits per heavy atom. The molecule has 0 saturated carbocycles. The highest BCUT2D eigenvalue weighted by Crippen LogP contribution is 2.09. The molecule has 3 heteroatoms. The zero-order chi connectivity index (χ0) is 6.15. The molecule has 0 aromatic rings. The van der Waals surface area contributed by atoms with Gasteiger partial charge in [-0.2, -0.15) is 0 Å². The molecule has 1 aliphatic heterocycles. The van der Waals surface area contributed by atoms with Crippen LogP contribution >= 0.6 is 0 Å². The molecule has 0 bridgehead atoms. The Balaban J connectivity index is 2.28. The Morgan fingerprint density at radius 3 is 2.38 bits per heavy atom. The van der Waals surface area contributed by atoms with Crippen molar-refractivity contribution in [3.8, 4) is 0 Å². The molecule has 3 nitrogen and oxygen atoms in total. The van der Waals surface area contributed by atoms with E-state index in [0.717, 1.165) is 0 Å². The lowest BCUT2D eigenvalue weighted by molar-refractivity contribution is -0.140. The van der Waals surface area contributed by atoms with Crippen LogP contribution in [0.3, 0.4) is 0 Å². The zero-order valence-corrected chi connectivity index (χ0v) is 4.97. The third kappa shape index (κ3) is 0.816. The van der Waals surface area contributed by atoms with Gasteiger partial charge in [0, 0.05) is 6.04 Å². The molecule has 2 unspecified atom stereocenters. The monoisotopic (exact) mass is 115 g/mol. The molecule has 0 amide bonds. The zero-order valence-electron chi connectivity index (χ0n) is 4.97. The average molecular weight is 115 g/mol. The molecule has 0 aromatic heterocycles. The molecule has 1 saturated heterocycles. The van der Waals surface area contributed by atoms with Crippen molar-refractivity contribution in [3.63, 3.8) is 0 Å². The van der Waals surface area contributed by atoms with Gasteiger partial charge in [-0.15, -0.1) is 0 Å². The second kappa shape index (κ2) is 1.74. The van der Waals surface area contributed by atoms with E-state index in [-0.39, 0.29) is 12.0 Å². The predicted octanol–water partition coefficient (Wildman–Crippen LogP) is -0.480. The van der Waals surface area contributed by atoms with E-state index in [1.54, 1.807) is 0 Å². The maximum atomic E-state index is 10.5. The summed E-state index contributed by atoms with van der Waals surface area (Å²) in [5.41, 5.74) is 0. The fourth-order valence-electron chi connectivity index (χ4n) is 0.627. The van der Waals surface area contributed by atoms with E-state index in [0.29, 0.717) is 6.04 Å². The fourth-order valence-corrected chi connectivity index (χ4v) is 0.627. The molecular formula is C5H9NO2. The molecule has 1 aliphatic rings. The highest BCUT2D eigenvalue weighted by molar-refractivity contribution is 5.79. The molecule has 1 fully saturated rings. The van der Waals surface area contributed by atoms with E-state index in [9.17, 15) is 4.79 Å². The molecule has 0 aliphatic carbocycles. The quantitative estimate of drug-likeness (QED) is 0.371. The number of hydrogen-bond acceptors (Lipinski definition) is 3. The second-order valence-corrected chi connectivity index (χ2v) is 1.96. The number of rotatable bonds is 1. The van der Waals surface area contributed by atoms with Gasteiger partial charge in [-0.1, -0.05) is 0 Å². The minimum absolute atomic E-state index is 0.0278. The predicted molar refractivity (Wildman–Crippen MR) is 28.4 cm³/mol. The molecular weight excluding hydrogens is 106 g/mol. The summed E-state index contributed by atoms with van der Waals surface area (Å²) in [5.74, 6) is -0.155. The SMILES string of the molecule is COC(=O)C1NC1C. The number of carbonyl (C=O) groups is 1. The van der Waals surface area contributed by atoms with Gasteiger partial charge in [0.25, 0.3) is 0 Å². The first-order valence-corrected chi connectivity index (χ1v) is 2.59. The summed E-state index contributed by atoms with van der Waals surface area (Å²) < 4.78 is 4.44. The van der Waals surface area contributed by atoms with Crippen LogP contribution in [0.5, 0.6) is 0 Å². The highest BCUT2D eigenvalue weighted by Gasteiger charge is 2.39. The van der Waals surface area contributed by atoms with Crippen LogP contribution in [0, 0.1) is 0 Å². The van der Waals surface area contributed by atoms with Gasteiger partial charge in [0.05, 0.1) is 7.11 Å². The topological polar surface area (TPSA) is 48.2 Å². The Kier molecular flexibility index (Phi) is 1.21. The van der Waals surface area contributed by atoms with Crippen molar-refractivity contribution in [2.24, 2.45) is 0 Å². The molecule has 1 N–H and O–H groups in total. The second-order valence-electron chi connectivity index (χ2n) is 1.96. The van der Waals surface area contributed by atoms with Crippen LogP contribution in [-0.4, -0.2) is 25.2 Å². The summed E-state index contributed by atoms with van der Waals surface area (Å²) >= 11 is 0. The Hall–Kier alpha value is -0.570. The summed E-state index contributed by atoms with van der Waals surface area (Å²) in [7, 11) is 1.40. The van der Waals surface area contributed by atoms with Gasteiger partial charge in [0.2, 0.25) is 0 Å². The Bertz CT molecular complexity index is 113. The number of ether oxygens (including phenoxy) is 1. The molecule has 1 rings (SSSR count). The number of methoxy groups -OCH3 is 1. The molecule has 0 aromatic carbocycles. The van der Waals surface area contributed by atoms with E-state index >= 15 is 0 Å². The van der Waals surface area contributed by atoms with Crippen LogP contribution in [0.1, 0.15) is 6.92 Å². The first-order chi connectivity index (χ1) is 3.75. The van der Waals surface area contributed by atoms with Crippen LogP contribution in [0.2, 0.25) is 0 Å². The Labute approximate surface area is 48.0 Å². The van der Waals surface area contributed by atoms with Crippen molar-refractivity contribution in [3.05, 3.63) is 0 Å². The minimum atomic E-state index is -0.155. The molecule has 8 heavy (non-hydrogen) atoms. The number of hydrogen-bond donors (Lipinski definition) is 1. The number of nitrogens with one attached hydrogen (secondary N) is 1. The molecule has 1 heterocycles. The third-order valence-corrected chi connectivity index (χ3v) is 1.29. The lowest BCUT2D eigenvalue weighted by Gasteiger charge is -1.89. The lowest BCUT2D eigenvalue weighted by Crippen LogP contribution is -2.11.